The van der Waals surface area contributed by atoms with Gasteiger partial charge in [-0.2, -0.15) is 0 Å². The molecule has 0 aliphatic heterocycles. The lowest BCUT2D eigenvalue weighted by atomic mass is 9.94. The van der Waals surface area contributed by atoms with Gasteiger partial charge in [0.1, 0.15) is 0 Å². The SMILES string of the molecule is Clc1ccc(CNCC2CC=CCC2)cc1Cl. The van der Waals surface area contributed by atoms with Crippen molar-refractivity contribution in [2.24, 2.45) is 5.92 Å². The molecule has 1 N–H and O–H groups in total. The fraction of sp³-hybridized carbons (Fsp3) is 0.429. The van der Waals surface area contributed by atoms with E-state index in [2.05, 4.69) is 17.5 Å². The number of hydrogen-bond acceptors (Lipinski definition) is 1. The minimum Gasteiger partial charge on any atom is -0.312 e. The monoisotopic (exact) mass is 269 g/mol. The van der Waals surface area contributed by atoms with Crippen molar-refractivity contribution < 1.29 is 0 Å². The van der Waals surface area contributed by atoms with Gasteiger partial charge in [0.15, 0.2) is 0 Å². The van der Waals surface area contributed by atoms with E-state index in [4.69, 9.17) is 23.2 Å². The summed E-state index contributed by atoms with van der Waals surface area (Å²) in [7, 11) is 0. The zero-order valence-corrected chi connectivity index (χ0v) is 11.3. The van der Waals surface area contributed by atoms with Crippen molar-refractivity contribution in [2.75, 3.05) is 6.54 Å². The molecule has 1 unspecified atom stereocenters. The number of allylic oxidation sites excluding steroid dienone is 2. The molecular weight excluding hydrogens is 253 g/mol. The molecule has 0 bridgehead atoms. The Labute approximate surface area is 113 Å². The Bertz CT molecular complexity index is 401. The Balaban J connectivity index is 1.77. The molecule has 1 atom stereocenters. The lowest BCUT2D eigenvalue weighted by Gasteiger charge is -2.18. The molecule has 0 fully saturated rings. The summed E-state index contributed by atoms with van der Waals surface area (Å²) in [6, 6.07) is 5.80. The Morgan fingerprint density at radius 2 is 2.06 bits per heavy atom. The molecule has 0 aromatic heterocycles. The fourth-order valence-corrected chi connectivity index (χ4v) is 2.43. The van der Waals surface area contributed by atoms with Gasteiger partial charge in [-0.15, -0.1) is 0 Å². The van der Waals surface area contributed by atoms with E-state index in [1.807, 2.05) is 18.2 Å². The first-order chi connectivity index (χ1) is 8.25. The number of benzene rings is 1. The van der Waals surface area contributed by atoms with Crippen molar-refractivity contribution in [2.45, 2.75) is 25.8 Å². The maximum absolute atomic E-state index is 5.97. The average Bonchev–Trinajstić information content (AvgIpc) is 2.35. The van der Waals surface area contributed by atoms with Crippen molar-refractivity contribution >= 4 is 23.2 Å². The summed E-state index contributed by atoms with van der Waals surface area (Å²) in [6.07, 6.45) is 8.28. The number of rotatable bonds is 4. The van der Waals surface area contributed by atoms with E-state index in [1.54, 1.807) is 0 Å². The molecule has 1 aromatic rings. The number of nitrogens with one attached hydrogen (secondary N) is 1. The summed E-state index contributed by atoms with van der Waals surface area (Å²) in [5, 5.41) is 4.73. The molecule has 1 aromatic carbocycles. The number of halogens is 2. The largest absolute Gasteiger partial charge is 0.312 e. The first-order valence-corrected chi connectivity index (χ1v) is 6.81. The Kier molecular flexibility index (Phi) is 4.90. The highest BCUT2D eigenvalue weighted by molar-refractivity contribution is 6.42. The molecule has 1 aliphatic carbocycles. The smallest absolute Gasteiger partial charge is 0.0595 e. The topological polar surface area (TPSA) is 12.0 Å². The maximum atomic E-state index is 5.97. The lowest BCUT2D eigenvalue weighted by Crippen LogP contribution is -2.23. The fourth-order valence-electron chi connectivity index (χ4n) is 2.11. The van der Waals surface area contributed by atoms with E-state index < -0.39 is 0 Å². The molecule has 17 heavy (non-hydrogen) atoms. The standard InChI is InChI=1S/C14H17Cl2N/c15-13-7-6-12(8-14(13)16)10-17-9-11-4-2-1-3-5-11/h1-2,6-8,11,17H,3-5,9-10H2. The van der Waals surface area contributed by atoms with Gasteiger partial charge in [0.25, 0.3) is 0 Å². The van der Waals surface area contributed by atoms with E-state index in [9.17, 15) is 0 Å². The quantitative estimate of drug-likeness (QED) is 0.797. The molecule has 0 spiro atoms. The van der Waals surface area contributed by atoms with Crippen molar-refractivity contribution in [3.63, 3.8) is 0 Å². The highest BCUT2D eigenvalue weighted by Crippen LogP contribution is 2.22. The van der Waals surface area contributed by atoms with Gasteiger partial charge in [-0.3, -0.25) is 0 Å². The van der Waals surface area contributed by atoms with Crippen LogP contribution in [-0.2, 0) is 6.54 Å². The molecule has 0 saturated carbocycles. The summed E-state index contributed by atoms with van der Waals surface area (Å²) in [5.41, 5.74) is 1.19. The first-order valence-electron chi connectivity index (χ1n) is 6.05. The minimum atomic E-state index is 0.618. The second-order valence-electron chi connectivity index (χ2n) is 4.53. The minimum absolute atomic E-state index is 0.618. The number of hydrogen-bond donors (Lipinski definition) is 1. The molecule has 1 aliphatic rings. The normalized spacial score (nSPS) is 19.5. The van der Waals surface area contributed by atoms with Crippen LogP contribution in [0, 0.1) is 5.92 Å². The van der Waals surface area contributed by atoms with Crippen molar-refractivity contribution in [1.29, 1.82) is 0 Å². The molecule has 3 heteroatoms. The van der Waals surface area contributed by atoms with Crippen molar-refractivity contribution in [3.8, 4) is 0 Å². The van der Waals surface area contributed by atoms with Crippen LogP contribution >= 0.6 is 23.2 Å². The van der Waals surface area contributed by atoms with E-state index in [-0.39, 0.29) is 0 Å². The summed E-state index contributed by atoms with van der Waals surface area (Å²) in [4.78, 5) is 0. The van der Waals surface area contributed by atoms with E-state index in [1.165, 1.54) is 24.8 Å². The van der Waals surface area contributed by atoms with Gasteiger partial charge < -0.3 is 5.32 Å². The van der Waals surface area contributed by atoms with Crippen molar-refractivity contribution in [1.82, 2.24) is 5.32 Å². The third-order valence-corrected chi connectivity index (χ3v) is 3.86. The predicted molar refractivity (Wildman–Crippen MR) is 74.6 cm³/mol. The van der Waals surface area contributed by atoms with Crippen molar-refractivity contribution in [3.05, 3.63) is 46.0 Å². The molecular formula is C14H17Cl2N. The predicted octanol–water partition coefficient (Wildman–Crippen LogP) is 4.44. The molecule has 1 nitrogen and oxygen atoms in total. The summed E-state index contributed by atoms with van der Waals surface area (Å²) >= 11 is 11.8. The third-order valence-electron chi connectivity index (χ3n) is 3.12. The van der Waals surface area contributed by atoms with Crippen LogP contribution in [0.4, 0.5) is 0 Å². The van der Waals surface area contributed by atoms with Crippen LogP contribution in [-0.4, -0.2) is 6.54 Å². The molecule has 0 saturated heterocycles. The Morgan fingerprint density at radius 1 is 1.18 bits per heavy atom. The second kappa shape index (κ2) is 6.44. The molecule has 92 valence electrons. The van der Waals surface area contributed by atoms with Gasteiger partial charge in [-0.05, 0) is 49.4 Å². The van der Waals surface area contributed by atoms with Crippen LogP contribution in [0.25, 0.3) is 0 Å². The first kappa shape index (κ1) is 12.9. The van der Waals surface area contributed by atoms with Gasteiger partial charge >= 0.3 is 0 Å². The molecule has 0 amide bonds. The second-order valence-corrected chi connectivity index (χ2v) is 5.34. The molecule has 0 radical (unpaired) electrons. The van der Waals surface area contributed by atoms with Gasteiger partial charge in [0.2, 0.25) is 0 Å². The summed E-state index contributed by atoms with van der Waals surface area (Å²) in [6.45, 7) is 1.93. The highest BCUT2D eigenvalue weighted by atomic mass is 35.5. The molecule has 2 rings (SSSR count). The zero-order chi connectivity index (χ0) is 12.1. The maximum Gasteiger partial charge on any atom is 0.0595 e. The Hall–Kier alpha value is -0.500. The van der Waals surface area contributed by atoms with E-state index in [0.29, 0.717) is 10.0 Å². The summed E-state index contributed by atoms with van der Waals surface area (Å²) in [5.74, 6) is 0.780. The summed E-state index contributed by atoms with van der Waals surface area (Å²) < 4.78 is 0. The van der Waals surface area contributed by atoms with E-state index in [0.717, 1.165) is 19.0 Å². The highest BCUT2D eigenvalue weighted by Gasteiger charge is 2.09. The van der Waals surface area contributed by atoms with Crippen LogP contribution in [0.15, 0.2) is 30.4 Å². The van der Waals surface area contributed by atoms with Crippen LogP contribution in [0.5, 0.6) is 0 Å². The lowest BCUT2D eigenvalue weighted by molar-refractivity contribution is 0.440. The van der Waals surface area contributed by atoms with Crippen LogP contribution in [0.2, 0.25) is 10.0 Å². The van der Waals surface area contributed by atoms with Crippen LogP contribution < -0.4 is 5.32 Å². The zero-order valence-electron chi connectivity index (χ0n) is 9.76. The van der Waals surface area contributed by atoms with E-state index >= 15 is 0 Å². The van der Waals surface area contributed by atoms with Gasteiger partial charge in [0, 0.05) is 6.54 Å². The van der Waals surface area contributed by atoms with Gasteiger partial charge in [-0.1, -0.05) is 41.4 Å². The van der Waals surface area contributed by atoms with Crippen LogP contribution in [0.1, 0.15) is 24.8 Å². The average molecular weight is 270 g/mol. The van der Waals surface area contributed by atoms with Gasteiger partial charge in [0.05, 0.1) is 10.0 Å². The van der Waals surface area contributed by atoms with Gasteiger partial charge in [-0.25, -0.2) is 0 Å². The Morgan fingerprint density at radius 3 is 2.76 bits per heavy atom. The molecule has 0 heterocycles. The third kappa shape index (κ3) is 4.02. The van der Waals surface area contributed by atoms with Crippen LogP contribution in [0.3, 0.4) is 0 Å².